The van der Waals surface area contributed by atoms with Crippen LogP contribution < -0.4 is 0 Å². The van der Waals surface area contributed by atoms with Gasteiger partial charge in [0.1, 0.15) is 11.6 Å². The third-order valence-corrected chi connectivity index (χ3v) is 3.91. The molecule has 1 saturated heterocycles. The molecule has 1 aliphatic heterocycles. The van der Waals surface area contributed by atoms with E-state index in [-0.39, 0.29) is 11.7 Å². The molecule has 1 fully saturated rings. The van der Waals surface area contributed by atoms with Crippen molar-refractivity contribution in [2.75, 3.05) is 20.2 Å². The molecule has 0 bridgehead atoms. The molecule has 1 unspecified atom stereocenters. The Hall–Kier alpha value is -1.79. The van der Waals surface area contributed by atoms with Crippen molar-refractivity contribution in [1.29, 1.82) is 0 Å². The molecule has 6 heteroatoms. The second kappa shape index (κ2) is 6.54. The number of nitrogens with one attached hydrogen (secondary N) is 1. The fourth-order valence-electron chi connectivity index (χ4n) is 2.88. The topological polar surface area (TPSA) is 41.2 Å². The Morgan fingerprint density at radius 2 is 2.14 bits per heavy atom. The molecule has 1 aromatic carbocycles. The van der Waals surface area contributed by atoms with Crippen LogP contribution >= 0.6 is 0 Å². The highest BCUT2D eigenvalue weighted by molar-refractivity contribution is 5.64. The van der Waals surface area contributed by atoms with Gasteiger partial charge in [0.05, 0.1) is 23.6 Å². The van der Waals surface area contributed by atoms with Crippen LogP contribution in [0.3, 0.4) is 0 Å². The van der Waals surface area contributed by atoms with Crippen molar-refractivity contribution >= 4 is 0 Å². The predicted octanol–water partition coefficient (Wildman–Crippen LogP) is 2.97. The molecule has 1 aromatic heterocycles. The molecule has 2 heterocycles. The summed E-state index contributed by atoms with van der Waals surface area (Å²) in [5.41, 5.74) is 1.11. The lowest BCUT2D eigenvalue weighted by atomic mass is 10.1. The van der Waals surface area contributed by atoms with E-state index in [2.05, 4.69) is 15.1 Å². The molecule has 1 aliphatic rings. The van der Waals surface area contributed by atoms with Gasteiger partial charge in [-0.1, -0.05) is 6.07 Å². The van der Waals surface area contributed by atoms with E-state index in [9.17, 15) is 8.78 Å². The summed E-state index contributed by atoms with van der Waals surface area (Å²) < 4.78 is 33.5. The first-order valence-corrected chi connectivity index (χ1v) is 7.42. The molecule has 0 aliphatic carbocycles. The van der Waals surface area contributed by atoms with Crippen molar-refractivity contribution in [1.82, 2.24) is 15.1 Å². The summed E-state index contributed by atoms with van der Waals surface area (Å²) in [6, 6.07) is 3.85. The summed E-state index contributed by atoms with van der Waals surface area (Å²) in [6.45, 7) is 2.17. The van der Waals surface area contributed by atoms with E-state index in [0.717, 1.165) is 31.6 Å². The first kappa shape index (κ1) is 15.1. The van der Waals surface area contributed by atoms with Gasteiger partial charge in [0.2, 0.25) is 0 Å². The van der Waals surface area contributed by atoms with Crippen molar-refractivity contribution in [3.63, 3.8) is 0 Å². The van der Waals surface area contributed by atoms with E-state index >= 15 is 0 Å². The largest absolute Gasteiger partial charge is 0.377 e. The van der Waals surface area contributed by atoms with Crippen LogP contribution in [0.4, 0.5) is 8.78 Å². The van der Waals surface area contributed by atoms with Gasteiger partial charge >= 0.3 is 0 Å². The zero-order valence-corrected chi connectivity index (χ0v) is 12.5. The monoisotopic (exact) mass is 307 g/mol. The van der Waals surface area contributed by atoms with Crippen LogP contribution in [-0.2, 0) is 11.3 Å². The number of nitrogens with zero attached hydrogens (tertiary/aromatic N) is 2. The van der Waals surface area contributed by atoms with E-state index in [1.807, 2.05) is 7.05 Å². The number of benzene rings is 1. The third-order valence-electron chi connectivity index (χ3n) is 3.91. The molecule has 2 aromatic rings. The summed E-state index contributed by atoms with van der Waals surface area (Å²) in [4.78, 5) is 2.09. The summed E-state index contributed by atoms with van der Waals surface area (Å²) in [6.07, 6.45) is 4.01. The highest BCUT2D eigenvalue weighted by atomic mass is 19.1. The number of ether oxygens (including phenoxy) is 1. The number of likely N-dealkylation sites (N-methyl/N-ethyl adjacent to an activating group) is 1. The average molecular weight is 307 g/mol. The lowest BCUT2D eigenvalue weighted by molar-refractivity contribution is 0.0793. The van der Waals surface area contributed by atoms with Gasteiger partial charge in [-0.15, -0.1) is 0 Å². The van der Waals surface area contributed by atoms with E-state index in [0.29, 0.717) is 12.2 Å². The van der Waals surface area contributed by atoms with Gasteiger partial charge in [-0.05, 0) is 32.0 Å². The van der Waals surface area contributed by atoms with Crippen LogP contribution in [0.5, 0.6) is 0 Å². The van der Waals surface area contributed by atoms with Gasteiger partial charge in [-0.25, -0.2) is 8.78 Å². The lowest BCUT2D eigenvalue weighted by Crippen LogP contribution is -2.28. The minimum atomic E-state index is -0.590. The Balaban J connectivity index is 1.77. The van der Waals surface area contributed by atoms with Crippen LogP contribution in [0.15, 0.2) is 24.4 Å². The fraction of sp³-hybridized carbons (Fsp3) is 0.438. The number of hydrogen-bond donors (Lipinski definition) is 1. The highest BCUT2D eigenvalue weighted by Gasteiger charge is 2.20. The number of aromatic amines is 1. The summed E-state index contributed by atoms with van der Waals surface area (Å²) in [5.74, 6) is -1.18. The molecule has 4 nitrogen and oxygen atoms in total. The van der Waals surface area contributed by atoms with Crippen molar-refractivity contribution in [2.24, 2.45) is 0 Å². The predicted molar refractivity (Wildman–Crippen MR) is 79.2 cm³/mol. The fourth-order valence-corrected chi connectivity index (χ4v) is 2.88. The number of H-pyrrole nitrogens is 1. The standard InChI is InChI=1S/C16H19F2N3O/c1-21(10-12-4-3-7-22-12)9-11-8-19-20-16(11)15-13(17)5-2-6-14(15)18/h2,5-6,8,12H,3-4,7,9-10H2,1H3,(H,19,20). The minimum Gasteiger partial charge on any atom is -0.377 e. The summed E-state index contributed by atoms with van der Waals surface area (Å²) in [5, 5.41) is 6.66. The first-order valence-electron chi connectivity index (χ1n) is 7.42. The zero-order valence-electron chi connectivity index (χ0n) is 12.5. The molecule has 0 saturated carbocycles. The quantitative estimate of drug-likeness (QED) is 0.923. The Bertz CT molecular complexity index is 618. The van der Waals surface area contributed by atoms with E-state index in [1.165, 1.54) is 18.2 Å². The second-order valence-electron chi connectivity index (χ2n) is 5.70. The summed E-state index contributed by atoms with van der Waals surface area (Å²) in [7, 11) is 1.97. The molecule has 1 N–H and O–H groups in total. The first-order chi connectivity index (χ1) is 10.6. The van der Waals surface area contributed by atoms with Crippen molar-refractivity contribution in [3.8, 4) is 11.3 Å². The Kier molecular flexibility index (Phi) is 4.49. The molecule has 0 spiro atoms. The normalized spacial score (nSPS) is 18.3. The average Bonchev–Trinajstić information content (AvgIpc) is 3.11. The second-order valence-corrected chi connectivity index (χ2v) is 5.70. The van der Waals surface area contributed by atoms with E-state index in [4.69, 9.17) is 4.74 Å². The van der Waals surface area contributed by atoms with Crippen LogP contribution in [0.25, 0.3) is 11.3 Å². The van der Waals surface area contributed by atoms with Crippen molar-refractivity contribution < 1.29 is 13.5 Å². The zero-order chi connectivity index (χ0) is 15.5. The Labute approximate surface area is 128 Å². The number of aromatic nitrogens is 2. The van der Waals surface area contributed by atoms with Crippen molar-refractivity contribution in [2.45, 2.75) is 25.5 Å². The van der Waals surface area contributed by atoms with Gasteiger partial charge in [0.15, 0.2) is 0 Å². The molecular formula is C16H19F2N3O. The molecule has 22 heavy (non-hydrogen) atoms. The molecule has 0 amide bonds. The number of hydrogen-bond acceptors (Lipinski definition) is 3. The maximum atomic E-state index is 13.9. The third kappa shape index (κ3) is 3.18. The van der Waals surface area contributed by atoms with Gasteiger partial charge < -0.3 is 4.74 Å². The van der Waals surface area contributed by atoms with E-state index in [1.54, 1.807) is 6.20 Å². The Morgan fingerprint density at radius 3 is 2.82 bits per heavy atom. The van der Waals surface area contributed by atoms with Gasteiger partial charge in [0, 0.05) is 25.3 Å². The Morgan fingerprint density at radius 1 is 1.36 bits per heavy atom. The van der Waals surface area contributed by atoms with Crippen molar-refractivity contribution in [3.05, 3.63) is 41.6 Å². The van der Waals surface area contributed by atoms with Gasteiger partial charge in [0.25, 0.3) is 0 Å². The number of halogens is 2. The maximum absolute atomic E-state index is 13.9. The molecule has 118 valence electrons. The highest BCUT2D eigenvalue weighted by Crippen LogP contribution is 2.27. The molecule has 1 atom stereocenters. The SMILES string of the molecule is CN(Cc1cn[nH]c1-c1c(F)cccc1F)CC1CCCO1. The number of rotatable bonds is 5. The molecule has 0 radical (unpaired) electrons. The minimum absolute atomic E-state index is 0.0551. The van der Waals surface area contributed by atoms with Crippen LogP contribution in [0.1, 0.15) is 18.4 Å². The van der Waals surface area contributed by atoms with Crippen LogP contribution in [0.2, 0.25) is 0 Å². The van der Waals surface area contributed by atoms with E-state index < -0.39 is 11.6 Å². The van der Waals surface area contributed by atoms with Crippen LogP contribution in [-0.4, -0.2) is 41.4 Å². The lowest BCUT2D eigenvalue weighted by Gasteiger charge is -2.20. The maximum Gasteiger partial charge on any atom is 0.135 e. The molecular weight excluding hydrogens is 288 g/mol. The van der Waals surface area contributed by atoms with Gasteiger partial charge in [-0.2, -0.15) is 5.10 Å². The van der Waals surface area contributed by atoms with Gasteiger partial charge in [-0.3, -0.25) is 10.00 Å². The smallest absolute Gasteiger partial charge is 0.135 e. The summed E-state index contributed by atoms with van der Waals surface area (Å²) >= 11 is 0. The molecule has 3 rings (SSSR count). The van der Waals surface area contributed by atoms with Crippen LogP contribution in [0, 0.1) is 11.6 Å².